The first kappa shape index (κ1) is 21.6. The molecular formula is C18H24ClN7O4. The van der Waals surface area contributed by atoms with Crippen molar-refractivity contribution < 1.29 is 18.9 Å². The van der Waals surface area contributed by atoms with Crippen molar-refractivity contribution in [2.45, 2.75) is 52.8 Å². The number of amides is 1. The molecular weight excluding hydrogens is 414 g/mol. The van der Waals surface area contributed by atoms with Crippen molar-refractivity contribution in [3.63, 3.8) is 0 Å². The van der Waals surface area contributed by atoms with Gasteiger partial charge >= 0.3 is 6.09 Å². The molecule has 0 aliphatic carbocycles. The lowest BCUT2D eigenvalue weighted by Crippen LogP contribution is -2.40. The van der Waals surface area contributed by atoms with Gasteiger partial charge in [-0.05, 0) is 44.9 Å². The average molecular weight is 438 g/mol. The number of rotatable bonds is 6. The van der Waals surface area contributed by atoms with Crippen LogP contribution < -0.4 is 15.8 Å². The molecule has 162 valence electrons. The Bertz CT molecular complexity index is 1060. The molecule has 0 aliphatic rings. The van der Waals surface area contributed by atoms with Gasteiger partial charge in [0.2, 0.25) is 5.88 Å². The zero-order valence-electron chi connectivity index (χ0n) is 17.4. The van der Waals surface area contributed by atoms with Crippen LogP contribution in [0.1, 0.15) is 34.6 Å². The van der Waals surface area contributed by atoms with E-state index in [0.29, 0.717) is 29.1 Å². The first-order valence-corrected chi connectivity index (χ1v) is 9.74. The lowest BCUT2D eigenvalue weighted by Gasteiger charge is -2.22. The fourth-order valence-corrected chi connectivity index (χ4v) is 2.97. The monoisotopic (exact) mass is 437 g/mol. The lowest BCUT2D eigenvalue weighted by molar-refractivity contribution is 0.0493. The van der Waals surface area contributed by atoms with Crippen LogP contribution in [0.3, 0.4) is 0 Å². The number of pyridine rings is 1. The van der Waals surface area contributed by atoms with E-state index in [4.69, 9.17) is 26.8 Å². The minimum atomic E-state index is -0.580. The Morgan fingerprint density at radius 2 is 2.10 bits per heavy atom. The highest BCUT2D eigenvalue weighted by molar-refractivity contribution is 6.33. The fourth-order valence-electron chi connectivity index (χ4n) is 2.75. The molecule has 3 heterocycles. The lowest BCUT2D eigenvalue weighted by atomic mass is 10.2. The third-order valence-electron chi connectivity index (χ3n) is 3.96. The van der Waals surface area contributed by atoms with Crippen molar-refractivity contribution in [3.05, 3.63) is 11.2 Å². The molecule has 3 rings (SSSR count). The molecule has 1 atom stereocenters. The predicted octanol–water partition coefficient (Wildman–Crippen LogP) is 3.03. The number of hydrogen-bond donors (Lipinski definition) is 2. The van der Waals surface area contributed by atoms with Crippen molar-refractivity contribution in [2.75, 3.05) is 12.3 Å². The summed E-state index contributed by atoms with van der Waals surface area (Å²) in [4.78, 5) is 20.6. The van der Waals surface area contributed by atoms with Gasteiger partial charge in [0.25, 0.3) is 0 Å². The molecule has 0 fully saturated rings. The van der Waals surface area contributed by atoms with Gasteiger partial charge in [0, 0.05) is 12.6 Å². The maximum atomic E-state index is 11.9. The molecule has 1 unspecified atom stereocenters. The second-order valence-electron chi connectivity index (χ2n) is 7.66. The number of fused-ring (bicyclic) bond motifs is 1. The summed E-state index contributed by atoms with van der Waals surface area (Å²) in [5.41, 5.74) is 6.72. The standard InChI is InChI=1S/C18H24ClN7O4/c1-6-26-10-7-11(28-8-9(2)21-17(27)29-18(3,4)5)22-14(19)12(10)23-16(26)13-15(20)25-30-24-13/h7,9H,6,8H2,1-5H3,(H2,20,25)(H,21,27). The third kappa shape index (κ3) is 4.73. The summed E-state index contributed by atoms with van der Waals surface area (Å²) in [6.07, 6.45) is -0.521. The summed E-state index contributed by atoms with van der Waals surface area (Å²) in [5, 5.41) is 10.3. The summed E-state index contributed by atoms with van der Waals surface area (Å²) in [7, 11) is 0. The number of ether oxygens (including phenoxy) is 2. The fraction of sp³-hybridized carbons (Fsp3) is 0.500. The number of alkyl carbamates (subject to hydrolysis) is 1. The number of hydrogen-bond acceptors (Lipinski definition) is 9. The molecule has 0 bridgehead atoms. The molecule has 1 amide bonds. The Hall–Kier alpha value is -3.08. The number of aromatic nitrogens is 5. The Morgan fingerprint density at radius 1 is 1.37 bits per heavy atom. The van der Waals surface area contributed by atoms with E-state index in [9.17, 15) is 4.79 Å². The van der Waals surface area contributed by atoms with Crippen LogP contribution in [-0.4, -0.2) is 49.2 Å². The third-order valence-corrected chi connectivity index (χ3v) is 4.22. The minimum Gasteiger partial charge on any atom is -0.475 e. The van der Waals surface area contributed by atoms with Gasteiger partial charge in [-0.3, -0.25) is 0 Å². The van der Waals surface area contributed by atoms with E-state index in [0.717, 1.165) is 0 Å². The van der Waals surface area contributed by atoms with Gasteiger partial charge in [0.15, 0.2) is 22.5 Å². The highest BCUT2D eigenvalue weighted by atomic mass is 35.5. The summed E-state index contributed by atoms with van der Waals surface area (Å²) >= 11 is 6.33. The maximum Gasteiger partial charge on any atom is 0.407 e. The highest BCUT2D eigenvalue weighted by Crippen LogP contribution is 2.31. The van der Waals surface area contributed by atoms with Crippen LogP contribution in [-0.2, 0) is 11.3 Å². The Morgan fingerprint density at radius 3 is 2.70 bits per heavy atom. The van der Waals surface area contributed by atoms with Crippen LogP contribution in [0.4, 0.5) is 10.6 Å². The number of halogens is 1. The van der Waals surface area contributed by atoms with Crippen molar-refractivity contribution >= 4 is 34.5 Å². The first-order chi connectivity index (χ1) is 14.1. The normalized spacial score (nSPS) is 12.7. The average Bonchev–Trinajstić information content (AvgIpc) is 3.21. The Balaban J connectivity index is 1.79. The largest absolute Gasteiger partial charge is 0.475 e. The van der Waals surface area contributed by atoms with Crippen LogP contribution in [0, 0.1) is 0 Å². The van der Waals surface area contributed by atoms with Crippen LogP contribution in [0.15, 0.2) is 10.7 Å². The molecule has 0 saturated carbocycles. The summed E-state index contributed by atoms with van der Waals surface area (Å²) in [6.45, 7) is 9.85. The van der Waals surface area contributed by atoms with Gasteiger partial charge in [-0.25, -0.2) is 14.4 Å². The van der Waals surface area contributed by atoms with Crippen LogP contribution in [0.25, 0.3) is 22.6 Å². The van der Waals surface area contributed by atoms with Crippen molar-refractivity contribution in [1.82, 2.24) is 30.2 Å². The molecule has 0 aliphatic heterocycles. The van der Waals surface area contributed by atoms with Crippen LogP contribution >= 0.6 is 11.6 Å². The first-order valence-electron chi connectivity index (χ1n) is 9.36. The number of nitrogens with two attached hydrogens (primary N) is 1. The highest BCUT2D eigenvalue weighted by Gasteiger charge is 2.22. The molecule has 12 heteroatoms. The number of nitrogens with zero attached hydrogens (tertiary/aromatic N) is 5. The Labute approximate surface area is 177 Å². The quantitative estimate of drug-likeness (QED) is 0.556. The van der Waals surface area contributed by atoms with Crippen LogP contribution in [0.5, 0.6) is 5.88 Å². The zero-order valence-corrected chi connectivity index (χ0v) is 18.1. The number of anilines is 1. The zero-order chi connectivity index (χ0) is 22.1. The number of imidazole rings is 1. The smallest absolute Gasteiger partial charge is 0.407 e. The van der Waals surface area contributed by atoms with E-state index in [-0.39, 0.29) is 29.5 Å². The molecule has 11 nitrogen and oxygen atoms in total. The molecule has 0 radical (unpaired) electrons. The number of nitrogens with one attached hydrogen (secondary N) is 1. The van der Waals surface area contributed by atoms with Gasteiger partial charge in [0.05, 0.1) is 11.6 Å². The van der Waals surface area contributed by atoms with Crippen LogP contribution in [0.2, 0.25) is 5.15 Å². The molecule has 0 saturated heterocycles. The molecule has 0 aromatic carbocycles. The van der Waals surface area contributed by atoms with Crippen molar-refractivity contribution in [2.24, 2.45) is 0 Å². The summed E-state index contributed by atoms with van der Waals surface area (Å²) in [6, 6.07) is 1.40. The molecule has 3 aromatic heterocycles. The minimum absolute atomic E-state index is 0.127. The number of carbonyl (C=O) groups excluding carboxylic acids is 1. The van der Waals surface area contributed by atoms with E-state index in [1.54, 1.807) is 33.8 Å². The van der Waals surface area contributed by atoms with Gasteiger partial charge in [0.1, 0.15) is 17.7 Å². The van der Waals surface area contributed by atoms with Gasteiger partial charge in [-0.2, -0.15) is 4.98 Å². The summed E-state index contributed by atoms with van der Waals surface area (Å²) in [5.74, 6) is 0.882. The topological polar surface area (TPSA) is 143 Å². The predicted molar refractivity (Wildman–Crippen MR) is 110 cm³/mol. The Kier molecular flexibility index (Phi) is 6.01. The van der Waals surface area contributed by atoms with Crippen molar-refractivity contribution in [1.29, 1.82) is 0 Å². The second kappa shape index (κ2) is 8.34. The van der Waals surface area contributed by atoms with Gasteiger partial charge in [-0.1, -0.05) is 11.6 Å². The maximum absolute atomic E-state index is 11.9. The molecule has 0 spiro atoms. The van der Waals surface area contributed by atoms with E-state index in [2.05, 4.69) is 30.2 Å². The van der Waals surface area contributed by atoms with E-state index < -0.39 is 11.7 Å². The van der Waals surface area contributed by atoms with E-state index in [1.165, 1.54) is 0 Å². The van der Waals surface area contributed by atoms with Gasteiger partial charge < -0.3 is 25.1 Å². The molecule has 30 heavy (non-hydrogen) atoms. The number of carbonyl (C=O) groups is 1. The summed E-state index contributed by atoms with van der Waals surface area (Å²) < 4.78 is 17.5. The van der Waals surface area contributed by atoms with E-state index in [1.807, 2.05) is 11.5 Å². The van der Waals surface area contributed by atoms with Gasteiger partial charge in [-0.15, -0.1) is 0 Å². The molecule has 3 aromatic rings. The van der Waals surface area contributed by atoms with E-state index >= 15 is 0 Å². The number of aryl methyl sites for hydroxylation is 1. The molecule has 3 N–H and O–H groups in total. The SMILES string of the molecule is CCn1c(-c2nonc2N)nc2c(Cl)nc(OCC(C)NC(=O)OC(C)(C)C)cc21. The second-order valence-corrected chi connectivity index (χ2v) is 8.01. The number of nitrogen functional groups attached to an aromatic ring is 1. The van der Waals surface area contributed by atoms with Crippen molar-refractivity contribution in [3.8, 4) is 17.4 Å².